The third kappa shape index (κ3) is 3.47. The van der Waals surface area contributed by atoms with Crippen LogP contribution in [0.5, 0.6) is 0 Å². The van der Waals surface area contributed by atoms with Crippen molar-refractivity contribution in [2.45, 2.75) is 6.92 Å². The standard InChI is InChI=1S/C23H21N3/c1-5-20-17(4)21(14-16(3)23(20)24-6-2)26-22-13-12-19(15-25-22)18-10-8-7-9-11-18/h5-15H,1,3-4H2,2H3,(H,25,26). The van der Waals surface area contributed by atoms with Crippen molar-refractivity contribution in [1.29, 1.82) is 0 Å². The molecule has 1 heterocycles. The summed E-state index contributed by atoms with van der Waals surface area (Å²) in [6.45, 7) is 14.0. The number of anilines is 2. The molecule has 0 bridgehead atoms. The summed E-state index contributed by atoms with van der Waals surface area (Å²) in [7, 11) is 0. The molecule has 0 atom stereocenters. The molecule has 26 heavy (non-hydrogen) atoms. The van der Waals surface area contributed by atoms with E-state index >= 15 is 0 Å². The molecule has 3 aromatic rings. The highest BCUT2D eigenvalue weighted by molar-refractivity contribution is 5.75. The second-order valence-corrected chi connectivity index (χ2v) is 5.84. The van der Waals surface area contributed by atoms with Gasteiger partial charge < -0.3 is 5.32 Å². The second-order valence-electron chi connectivity index (χ2n) is 5.84. The molecule has 128 valence electrons. The molecular formula is C23H21N3. The zero-order valence-corrected chi connectivity index (χ0v) is 14.9. The van der Waals surface area contributed by atoms with Crippen molar-refractivity contribution in [2.24, 2.45) is 4.99 Å². The second kappa shape index (κ2) is 7.62. The van der Waals surface area contributed by atoms with Crippen molar-refractivity contribution in [2.75, 3.05) is 5.32 Å². The number of nitrogens with one attached hydrogen (secondary N) is 1. The van der Waals surface area contributed by atoms with E-state index in [0.717, 1.165) is 44.3 Å². The van der Waals surface area contributed by atoms with Gasteiger partial charge in [0.15, 0.2) is 0 Å². The predicted octanol–water partition coefficient (Wildman–Crippen LogP) is 4.68. The zero-order chi connectivity index (χ0) is 18.5. The monoisotopic (exact) mass is 339 g/mol. The molecule has 0 saturated carbocycles. The fraction of sp³-hybridized carbons (Fsp3) is 0.0435. The van der Waals surface area contributed by atoms with E-state index < -0.39 is 0 Å². The fourth-order valence-electron chi connectivity index (χ4n) is 2.81. The highest BCUT2D eigenvalue weighted by Gasteiger charge is 2.07. The molecule has 0 fully saturated rings. The van der Waals surface area contributed by atoms with Crippen LogP contribution in [0, 0.1) is 0 Å². The summed E-state index contributed by atoms with van der Waals surface area (Å²) < 4.78 is 0. The first kappa shape index (κ1) is 17.4. The molecule has 0 radical (unpaired) electrons. The van der Waals surface area contributed by atoms with Crippen LogP contribution in [0.2, 0.25) is 0 Å². The molecule has 1 aromatic heterocycles. The minimum Gasteiger partial charge on any atom is -0.340 e. The molecule has 3 heteroatoms. The van der Waals surface area contributed by atoms with Crippen LogP contribution in [0.25, 0.3) is 30.4 Å². The smallest absolute Gasteiger partial charge is 0.130 e. The molecule has 0 aliphatic carbocycles. The third-order valence-corrected chi connectivity index (χ3v) is 4.12. The number of hydrogen-bond acceptors (Lipinski definition) is 3. The number of pyridine rings is 1. The number of nitrogens with zero attached hydrogens (tertiary/aromatic N) is 2. The summed E-state index contributed by atoms with van der Waals surface area (Å²) in [5.74, 6) is 0.746. The molecule has 3 rings (SSSR count). The number of aromatic nitrogens is 1. The SMILES string of the molecule is C=Cc1c(N=CC)c(=C)cc(Nc2ccc(-c3ccccc3)cn2)c1=C. The Hall–Kier alpha value is -3.46. The minimum absolute atomic E-state index is 0.746. The van der Waals surface area contributed by atoms with Gasteiger partial charge in [-0.1, -0.05) is 56.1 Å². The van der Waals surface area contributed by atoms with Gasteiger partial charge >= 0.3 is 0 Å². The molecule has 1 N–H and O–H groups in total. The van der Waals surface area contributed by atoms with Gasteiger partial charge in [-0.05, 0) is 35.9 Å². The van der Waals surface area contributed by atoms with Gasteiger partial charge in [0.1, 0.15) is 5.82 Å². The molecule has 0 saturated heterocycles. The molecule has 0 amide bonds. The third-order valence-electron chi connectivity index (χ3n) is 4.12. The van der Waals surface area contributed by atoms with E-state index in [4.69, 9.17) is 0 Å². The van der Waals surface area contributed by atoms with Crippen LogP contribution >= 0.6 is 0 Å². The summed E-state index contributed by atoms with van der Waals surface area (Å²) in [5, 5.41) is 4.96. The number of hydrogen-bond donors (Lipinski definition) is 1. The van der Waals surface area contributed by atoms with E-state index in [2.05, 4.69) is 47.2 Å². The van der Waals surface area contributed by atoms with E-state index in [0.29, 0.717) is 0 Å². The maximum atomic E-state index is 4.52. The van der Waals surface area contributed by atoms with Crippen LogP contribution < -0.4 is 15.8 Å². The minimum atomic E-state index is 0.746. The molecule has 0 unspecified atom stereocenters. The zero-order valence-electron chi connectivity index (χ0n) is 14.9. The van der Waals surface area contributed by atoms with Gasteiger partial charge in [0, 0.05) is 34.4 Å². The lowest BCUT2D eigenvalue weighted by atomic mass is 10.1. The van der Waals surface area contributed by atoms with Crippen LogP contribution in [-0.2, 0) is 0 Å². The van der Waals surface area contributed by atoms with Crippen LogP contribution in [0.4, 0.5) is 17.2 Å². The topological polar surface area (TPSA) is 37.3 Å². The Balaban J connectivity index is 1.94. The van der Waals surface area contributed by atoms with E-state index in [9.17, 15) is 0 Å². The number of benzene rings is 2. The largest absolute Gasteiger partial charge is 0.340 e. The van der Waals surface area contributed by atoms with E-state index in [1.807, 2.05) is 49.5 Å². The summed E-state index contributed by atoms with van der Waals surface area (Å²) >= 11 is 0. The van der Waals surface area contributed by atoms with E-state index in [-0.39, 0.29) is 0 Å². The lowest BCUT2D eigenvalue weighted by Crippen LogP contribution is -2.17. The molecule has 2 aromatic carbocycles. The Bertz CT molecular complexity index is 1050. The average Bonchev–Trinajstić information content (AvgIpc) is 2.67. The molecule has 3 nitrogen and oxygen atoms in total. The first-order chi connectivity index (χ1) is 12.6. The van der Waals surface area contributed by atoms with Crippen molar-refractivity contribution >= 4 is 42.6 Å². The van der Waals surface area contributed by atoms with Crippen LogP contribution in [0.3, 0.4) is 0 Å². The van der Waals surface area contributed by atoms with Crippen molar-refractivity contribution in [1.82, 2.24) is 4.98 Å². The summed E-state index contributed by atoms with van der Waals surface area (Å²) in [4.78, 5) is 8.91. The summed E-state index contributed by atoms with van der Waals surface area (Å²) in [6, 6.07) is 16.1. The van der Waals surface area contributed by atoms with Crippen LogP contribution in [0.15, 0.2) is 66.3 Å². The van der Waals surface area contributed by atoms with Crippen molar-refractivity contribution < 1.29 is 0 Å². The van der Waals surface area contributed by atoms with E-state index in [1.54, 1.807) is 12.3 Å². The summed E-state index contributed by atoms with van der Waals surface area (Å²) in [5.41, 5.74) is 4.73. The first-order valence-corrected chi connectivity index (χ1v) is 8.38. The maximum absolute atomic E-state index is 4.52. The highest BCUT2D eigenvalue weighted by atomic mass is 15.0. The normalized spacial score (nSPS) is 10.8. The molecule has 0 spiro atoms. The Morgan fingerprint density at radius 3 is 2.42 bits per heavy atom. The Kier molecular flexibility index (Phi) is 5.09. The fourth-order valence-corrected chi connectivity index (χ4v) is 2.81. The Morgan fingerprint density at radius 1 is 1.04 bits per heavy atom. The number of rotatable bonds is 5. The Labute approximate surface area is 153 Å². The van der Waals surface area contributed by atoms with Crippen molar-refractivity contribution in [3.8, 4) is 11.1 Å². The Morgan fingerprint density at radius 2 is 1.81 bits per heavy atom. The quantitative estimate of drug-likeness (QED) is 0.685. The van der Waals surface area contributed by atoms with E-state index in [1.165, 1.54) is 0 Å². The molecule has 0 aliphatic rings. The maximum Gasteiger partial charge on any atom is 0.130 e. The van der Waals surface area contributed by atoms with Crippen molar-refractivity contribution in [3.05, 3.63) is 77.3 Å². The molecular weight excluding hydrogens is 318 g/mol. The molecule has 0 aliphatic heterocycles. The lowest BCUT2D eigenvalue weighted by Gasteiger charge is -2.11. The highest BCUT2D eigenvalue weighted by Crippen LogP contribution is 2.21. The number of aliphatic imine (C=N–C) groups is 1. The predicted molar refractivity (Wildman–Crippen MR) is 114 cm³/mol. The van der Waals surface area contributed by atoms with Crippen LogP contribution in [-0.4, -0.2) is 11.2 Å². The van der Waals surface area contributed by atoms with Crippen molar-refractivity contribution in [3.63, 3.8) is 0 Å². The van der Waals surface area contributed by atoms with Gasteiger partial charge in [0.05, 0.1) is 5.69 Å². The van der Waals surface area contributed by atoms with Gasteiger partial charge in [0.2, 0.25) is 0 Å². The first-order valence-electron chi connectivity index (χ1n) is 8.38. The van der Waals surface area contributed by atoms with Gasteiger partial charge in [-0.25, -0.2) is 4.98 Å². The van der Waals surface area contributed by atoms with Gasteiger partial charge in [0.25, 0.3) is 0 Å². The van der Waals surface area contributed by atoms with Gasteiger partial charge in [-0.15, -0.1) is 0 Å². The average molecular weight is 339 g/mol. The van der Waals surface area contributed by atoms with Crippen LogP contribution in [0.1, 0.15) is 12.5 Å². The lowest BCUT2D eigenvalue weighted by molar-refractivity contribution is 1.30. The summed E-state index contributed by atoms with van der Waals surface area (Å²) in [6.07, 6.45) is 5.36. The van der Waals surface area contributed by atoms with Gasteiger partial charge in [-0.2, -0.15) is 0 Å². The van der Waals surface area contributed by atoms with Gasteiger partial charge in [-0.3, -0.25) is 4.99 Å².